The van der Waals surface area contributed by atoms with Gasteiger partial charge in [0.2, 0.25) is 0 Å². The number of nitrogens with zero attached hydrogens (tertiary/aromatic N) is 1. The van der Waals surface area contributed by atoms with Crippen molar-refractivity contribution in [2.24, 2.45) is 5.41 Å². The van der Waals surface area contributed by atoms with E-state index in [1.165, 1.54) is 0 Å². The number of hydrogen-bond donors (Lipinski definition) is 1. The van der Waals surface area contributed by atoms with Gasteiger partial charge >= 0.3 is 5.97 Å². The van der Waals surface area contributed by atoms with E-state index < -0.39 is 27.6 Å². The van der Waals surface area contributed by atoms with Gasteiger partial charge in [-0.1, -0.05) is 26.8 Å². The van der Waals surface area contributed by atoms with Crippen LogP contribution in [0.4, 0.5) is 0 Å². The number of carbonyl (C=O) groups excluding carboxylic acids is 1. The Hall–Kier alpha value is -1.15. The molecule has 1 heterocycles. The first-order valence-corrected chi connectivity index (χ1v) is 12.0. The molecule has 2 rings (SSSR count). The average molecular weight is 497 g/mol. The van der Waals surface area contributed by atoms with Gasteiger partial charge in [-0.15, -0.1) is 4.72 Å². The number of aromatic nitrogens is 1. The minimum Gasteiger partial charge on any atom is -0.598 e. The highest BCUT2D eigenvalue weighted by molar-refractivity contribution is 9.10. The molecule has 2 atom stereocenters. The van der Waals surface area contributed by atoms with E-state index in [-0.39, 0.29) is 11.5 Å². The molecule has 0 saturated carbocycles. The number of nitrogens with one attached hydrogen (secondary N) is 1. The van der Waals surface area contributed by atoms with Gasteiger partial charge in [-0.3, -0.25) is 4.98 Å². The van der Waals surface area contributed by atoms with Crippen molar-refractivity contribution in [3.8, 4) is 0 Å². The van der Waals surface area contributed by atoms with Crippen molar-refractivity contribution in [3.63, 3.8) is 0 Å². The van der Waals surface area contributed by atoms with E-state index in [1.807, 2.05) is 58.9 Å². The van der Waals surface area contributed by atoms with E-state index in [0.29, 0.717) is 12.0 Å². The first-order valence-electron chi connectivity index (χ1n) is 10.1. The first-order chi connectivity index (χ1) is 13.6. The lowest BCUT2D eigenvalue weighted by atomic mass is 9.76. The molecule has 1 aromatic carbocycles. The smallest absolute Gasteiger partial charge is 0.335 e. The van der Waals surface area contributed by atoms with Crippen molar-refractivity contribution in [1.82, 2.24) is 9.71 Å². The zero-order valence-corrected chi connectivity index (χ0v) is 21.5. The highest BCUT2D eigenvalue weighted by atomic mass is 79.9. The van der Waals surface area contributed by atoms with E-state index in [9.17, 15) is 9.35 Å². The molecule has 1 N–H and O–H groups in total. The van der Waals surface area contributed by atoms with Crippen LogP contribution in [0.15, 0.2) is 34.9 Å². The Balaban J connectivity index is 2.74. The highest BCUT2D eigenvalue weighted by Crippen LogP contribution is 2.39. The summed E-state index contributed by atoms with van der Waals surface area (Å²) in [5, 5.41) is 0.890. The number of rotatable bonds is 6. The Morgan fingerprint density at radius 2 is 1.83 bits per heavy atom. The molecule has 5 nitrogen and oxygen atoms in total. The molecule has 0 amide bonds. The van der Waals surface area contributed by atoms with Crippen molar-refractivity contribution in [3.05, 3.63) is 40.5 Å². The summed E-state index contributed by atoms with van der Waals surface area (Å²) in [7, 11) is 0. The molecule has 0 bridgehead atoms. The number of ether oxygens (including phenoxy) is 1. The molecule has 0 aliphatic heterocycles. The number of esters is 1. The molecular formula is C23H33BrN2O3S. The summed E-state index contributed by atoms with van der Waals surface area (Å²) in [4.78, 5) is 18.0. The minimum atomic E-state index is -1.49. The lowest BCUT2D eigenvalue weighted by molar-refractivity contribution is -0.156. The standard InChI is InChI=1S/C23H33BrN2O3S/c1-15(2)29-20(27)23(14-21(3,4)5,26-30(28)22(6,7)8)17-9-10-19-16(11-17)12-18(24)13-25-19/h9-13,15,26H,14H2,1-8H3/t23-,30+/m1/s1. The Morgan fingerprint density at radius 1 is 1.20 bits per heavy atom. The number of fused-ring (bicyclic) bond motifs is 1. The maximum atomic E-state index is 13.6. The number of halogens is 1. The van der Waals surface area contributed by atoms with Crippen LogP contribution in [-0.2, 0) is 26.4 Å². The molecular weight excluding hydrogens is 464 g/mol. The second-order valence-electron chi connectivity index (χ2n) is 10.1. The monoisotopic (exact) mass is 496 g/mol. The predicted octanol–water partition coefficient (Wildman–Crippen LogP) is 5.63. The zero-order valence-electron chi connectivity index (χ0n) is 19.1. The van der Waals surface area contributed by atoms with Crippen molar-refractivity contribution < 1.29 is 14.1 Å². The van der Waals surface area contributed by atoms with E-state index in [0.717, 1.165) is 15.4 Å². The van der Waals surface area contributed by atoms with E-state index in [4.69, 9.17) is 4.74 Å². The van der Waals surface area contributed by atoms with Crippen LogP contribution in [0.3, 0.4) is 0 Å². The molecule has 0 unspecified atom stereocenters. The Bertz CT molecular complexity index is 905. The second-order valence-corrected chi connectivity index (χ2v) is 13.0. The maximum Gasteiger partial charge on any atom is 0.335 e. The topological polar surface area (TPSA) is 74.3 Å². The van der Waals surface area contributed by atoms with Crippen LogP contribution < -0.4 is 4.72 Å². The Kier molecular flexibility index (Phi) is 7.66. The molecule has 166 valence electrons. The molecule has 0 saturated heterocycles. The quantitative estimate of drug-likeness (QED) is 0.414. The van der Waals surface area contributed by atoms with Gasteiger partial charge < -0.3 is 9.29 Å². The van der Waals surface area contributed by atoms with Crippen LogP contribution in [0, 0.1) is 5.41 Å². The Morgan fingerprint density at radius 3 is 2.37 bits per heavy atom. The lowest BCUT2D eigenvalue weighted by Crippen LogP contribution is -2.58. The largest absolute Gasteiger partial charge is 0.598 e. The molecule has 0 aliphatic carbocycles. The molecule has 0 radical (unpaired) electrons. The summed E-state index contributed by atoms with van der Waals surface area (Å²) >= 11 is 1.97. The zero-order chi connectivity index (χ0) is 22.9. The summed E-state index contributed by atoms with van der Waals surface area (Å²) in [6.07, 6.45) is 1.86. The summed E-state index contributed by atoms with van der Waals surface area (Å²) in [6, 6.07) is 7.66. The van der Waals surface area contributed by atoms with Crippen molar-refractivity contribution >= 4 is 44.2 Å². The average Bonchev–Trinajstić information content (AvgIpc) is 2.57. The third-order valence-corrected chi connectivity index (χ3v) is 6.53. The Labute approximate surface area is 191 Å². The third-order valence-electron chi connectivity index (χ3n) is 4.45. The highest BCUT2D eigenvalue weighted by Gasteiger charge is 2.50. The summed E-state index contributed by atoms with van der Waals surface area (Å²) in [5.74, 6) is -0.424. The first kappa shape index (κ1) is 25.1. The molecule has 30 heavy (non-hydrogen) atoms. The molecule has 2 aromatic rings. The summed E-state index contributed by atoms with van der Waals surface area (Å²) < 4.78 is 22.4. The van der Waals surface area contributed by atoms with E-state index in [1.54, 1.807) is 6.20 Å². The van der Waals surface area contributed by atoms with Gasteiger partial charge in [-0.2, -0.15) is 0 Å². The second kappa shape index (κ2) is 9.15. The van der Waals surface area contributed by atoms with Gasteiger partial charge in [0.1, 0.15) is 4.75 Å². The van der Waals surface area contributed by atoms with Crippen LogP contribution in [0.5, 0.6) is 0 Å². The fourth-order valence-electron chi connectivity index (χ4n) is 3.22. The van der Waals surface area contributed by atoms with Crippen LogP contribution in [-0.4, -0.2) is 26.4 Å². The maximum absolute atomic E-state index is 13.6. The normalized spacial score (nSPS) is 15.8. The predicted molar refractivity (Wildman–Crippen MR) is 127 cm³/mol. The van der Waals surface area contributed by atoms with Crippen LogP contribution in [0.1, 0.15) is 67.4 Å². The molecule has 0 spiro atoms. The number of hydrogen-bond acceptors (Lipinski definition) is 5. The summed E-state index contributed by atoms with van der Waals surface area (Å²) in [5.41, 5.74) is 0.0288. The molecule has 0 fully saturated rings. The van der Waals surface area contributed by atoms with Crippen LogP contribution in [0.2, 0.25) is 0 Å². The van der Waals surface area contributed by atoms with E-state index >= 15 is 0 Å². The number of carbonyl (C=O) groups is 1. The lowest BCUT2D eigenvalue weighted by Gasteiger charge is -2.39. The van der Waals surface area contributed by atoms with Crippen molar-refractivity contribution in [2.75, 3.05) is 0 Å². The minimum absolute atomic E-state index is 0.241. The van der Waals surface area contributed by atoms with Crippen molar-refractivity contribution in [2.45, 2.75) is 78.2 Å². The molecule has 1 aromatic heterocycles. The van der Waals surface area contributed by atoms with Gasteiger partial charge in [0.05, 0.1) is 11.6 Å². The number of benzene rings is 1. The van der Waals surface area contributed by atoms with Crippen molar-refractivity contribution in [1.29, 1.82) is 0 Å². The van der Waals surface area contributed by atoms with Gasteiger partial charge in [-0.05, 0) is 86.1 Å². The van der Waals surface area contributed by atoms with Crippen LogP contribution >= 0.6 is 15.9 Å². The van der Waals surface area contributed by atoms with E-state index in [2.05, 4.69) is 46.4 Å². The number of pyridine rings is 1. The van der Waals surface area contributed by atoms with Gasteiger partial charge in [0, 0.05) is 27.4 Å². The fourth-order valence-corrected chi connectivity index (χ4v) is 4.47. The fraction of sp³-hybridized carbons (Fsp3) is 0.565. The van der Waals surface area contributed by atoms with Gasteiger partial charge in [-0.25, -0.2) is 4.79 Å². The molecule has 0 aliphatic rings. The SMILES string of the molecule is CC(C)OC(=O)[C@](CC(C)(C)C)(N[S@@+]([O-])C(C)(C)C)c1ccc2ncc(Br)cc2c1. The van der Waals surface area contributed by atoms with Gasteiger partial charge in [0.15, 0.2) is 5.54 Å². The summed E-state index contributed by atoms with van der Waals surface area (Å²) in [6.45, 7) is 15.5. The molecule has 7 heteroatoms. The van der Waals surface area contributed by atoms with Gasteiger partial charge in [0.25, 0.3) is 0 Å². The third kappa shape index (κ3) is 6.19. The van der Waals surface area contributed by atoms with Crippen LogP contribution in [0.25, 0.3) is 10.9 Å².